The molecule has 0 aliphatic carbocycles. The summed E-state index contributed by atoms with van der Waals surface area (Å²) in [6.07, 6.45) is 3.12. The number of hydrogen-bond acceptors (Lipinski definition) is 4. The van der Waals surface area contributed by atoms with Gasteiger partial charge in [0.1, 0.15) is 0 Å². The maximum absolute atomic E-state index is 13.1. The van der Waals surface area contributed by atoms with Crippen LogP contribution in [-0.4, -0.2) is 35.9 Å². The molecular weight excluding hydrogens is 342 g/mol. The van der Waals surface area contributed by atoms with Crippen molar-refractivity contribution in [1.82, 2.24) is 4.90 Å². The zero-order chi connectivity index (χ0) is 19.4. The number of rotatable bonds is 6. The molecule has 1 heterocycles. The standard InChI is InChI=1S/C21H25N3O3/c1-3-16-6-8-17(9-7-16)15-22(2)21(25)19-14-18(24(26)27)10-11-20(19)23-12-4-5-13-23/h6-11,14H,3-5,12-13,15H2,1-2H3. The van der Waals surface area contributed by atoms with E-state index in [9.17, 15) is 14.9 Å². The van der Waals surface area contributed by atoms with Gasteiger partial charge >= 0.3 is 0 Å². The van der Waals surface area contributed by atoms with Gasteiger partial charge in [0.05, 0.1) is 16.2 Å². The molecule has 6 nitrogen and oxygen atoms in total. The van der Waals surface area contributed by atoms with E-state index >= 15 is 0 Å². The molecule has 1 fully saturated rings. The van der Waals surface area contributed by atoms with Crippen LogP contribution in [0.3, 0.4) is 0 Å². The molecule has 0 spiro atoms. The molecule has 1 aliphatic heterocycles. The summed E-state index contributed by atoms with van der Waals surface area (Å²) in [6.45, 7) is 4.32. The van der Waals surface area contributed by atoms with Crippen molar-refractivity contribution in [3.63, 3.8) is 0 Å². The van der Waals surface area contributed by atoms with Crippen LogP contribution in [0, 0.1) is 10.1 Å². The summed E-state index contributed by atoms with van der Waals surface area (Å²) in [5.74, 6) is -0.194. The van der Waals surface area contributed by atoms with Crippen LogP contribution in [0.4, 0.5) is 11.4 Å². The maximum Gasteiger partial charge on any atom is 0.270 e. The third-order valence-corrected chi connectivity index (χ3v) is 5.07. The molecule has 1 saturated heterocycles. The first-order valence-corrected chi connectivity index (χ1v) is 9.36. The summed E-state index contributed by atoms with van der Waals surface area (Å²) in [6, 6.07) is 12.8. The van der Waals surface area contributed by atoms with Crippen molar-refractivity contribution in [3.8, 4) is 0 Å². The molecule has 2 aromatic rings. The fourth-order valence-corrected chi connectivity index (χ4v) is 3.47. The molecule has 142 valence electrons. The lowest BCUT2D eigenvalue weighted by Gasteiger charge is -2.24. The van der Waals surface area contributed by atoms with Crippen molar-refractivity contribution in [2.45, 2.75) is 32.7 Å². The highest BCUT2D eigenvalue weighted by Gasteiger charge is 2.24. The Labute approximate surface area is 159 Å². The average molecular weight is 367 g/mol. The van der Waals surface area contributed by atoms with Gasteiger partial charge in [-0.1, -0.05) is 31.2 Å². The number of hydrogen-bond donors (Lipinski definition) is 0. The van der Waals surface area contributed by atoms with E-state index in [1.165, 1.54) is 17.7 Å². The second kappa shape index (κ2) is 8.20. The molecule has 2 aromatic carbocycles. The van der Waals surface area contributed by atoms with Crippen LogP contribution < -0.4 is 4.90 Å². The van der Waals surface area contributed by atoms with E-state index in [-0.39, 0.29) is 11.6 Å². The monoisotopic (exact) mass is 367 g/mol. The predicted molar refractivity (Wildman–Crippen MR) is 106 cm³/mol. The molecule has 6 heteroatoms. The number of aryl methyl sites for hydroxylation is 1. The van der Waals surface area contributed by atoms with Gasteiger partial charge in [-0.05, 0) is 36.5 Å². The number of non-ortho nitro benzene ring substituents is 1. The lowest BCUT2D eigenvalue weighted by molar-refractivity contribution is -0.384. The molecule has 3 rings (SSSR count). The molecule has 0 bridgehead atoms. The van der Waals surface area contributed by atoms with Gasteiger partial charge in [-0.25, -0.2) is 0 Å². The summed E-state index contributed by atoms with van der Waals surface area (Å²) in [5, 5.41) is 11.2. The largest absolute Gasteiger partial charge is 0.371 e. The van der Waals surface area contributed by atoms with Crippen LogP contribution in [0.5, 0.6) is 0 Å². The number of nitro groups is 1. The van der Waals surface area contributed by atoms with Crippen molar-refractivity contribution < 1.29 is 9.72 Å². The van der Waals surface area contributed by atoms with Crippen molar-refractivity contribution in [3.05, 3.63) is 69.3 Å². The number of carbonyl (C=O) groups is 1. The first kappa shape index (κ1) is 18.9. The van der Waals surface area contributed by atoms with Crippen LogP contribution in [0.25, 0.3) is 0 Å². The van der Waals surface area contributed by atoms with Crippen molar-refractivity contribution in [2.24, 2.45) is 0 Å². The fraction of sp³-hybridized carbons (Fsp3) is 0.381. The molecule has 0 atom stereocenters. The third-order valence-electron chi connectivity index (χ3n) is 5.07. The van der Waals surface area contributed by atoms with Crippen LogP contribution in [0.1, 0.15) is 41.3 Å². The quantitative estimate of drug-likeness (QED) is 0.571. The highest BCUT2D eigenvalue weighted by Crippen LogP contribution is 2.29. The van der Waals surface area contributed by atoms with Crippen LogP contribution >= 0.6 is 0 Å². The normalized spacial score (nSPS) is 13.6. The van der Waals surface area contributed by atoms with Gasteiger partial charge in [-0.2, -0.15) is 0 Å². The highest BCUT2D eigenvalue weighted by atomic mass is 16.6. The van der Waals surface area contributed by atoms with Gasteiger partial charge in [0, 0.05) is 38.8 Å². The average Bonchev–Trinajstić information content (AvgIpc) is 3.22. The van der Waals surface area contributed by atoms with Crippen LogP contribution in [-0.2, 0) is 13.0 Å². The minimum Gasteiger partial charge on any atom is -0.371 e. The number of carbonyl (C=O) groups excluding carboxylic acids is 1. The van der Waals surface area contributed by atoms with E-state index in [2.05, 4.69) is 24.0 Å². The van der Waals surface area contributed by atoms with E-state index in [0.717, 1.165) is 43.6 Å². The first-order valence-electron chi connectivity index (χ1n) is 9.36. The molecule has 1 amide bonds. The summed E-state index contributed by atoms with van der Waals surface area (Å²) in [5.41, 5.74) is 3.43. The minimum absolute atomic E-state index is 0.0537. The number of anilines is 1. The smallest absolute Gasteiger partial charge is 0.270 e. The molecule has 0 radical (unpaired) electrons. The Hall–Kier alpha value is -2.89. The van der Waals surface area contributed by atoms with Gasteiger partial charge < -0.3 is 9.80 Å². The minimum atomic E-state index is -0.450. The lowest BCUT2D eigenvalue weighted by Crippen LogP contribution is -2.29. The zero-order valence-corrected chi connectivity index (χ0v) is 15.9. The lowest BCUT2D eigenvalue weighted by atomic mass is 10.1. The second-order valence-electron chi connectivity index (χ2n) is 6.98. The number of nitro benzene ring substituents is 1. The molecule has 0 aromatic heterocycles. The summed E-state index contributed by atoms with van der Waals surface area (Å²) >= 11 is 0. The molecule has 0 N–H and O–H groups in total. The highest BCUT2D eigenvalue weighted by molar-refractivity contribution is 6.00. The molecular formula is C21H25N3O3. The molecule has 1 aliphatic rings. The van der Waals surface area contributed by atoms with E-state index < -0.39 is 4.92 Å². The Morgan fingerprint density at radius 1 is 1.11 bits per heavy atom. The van der Waals surface area contributed by atoms with Crippen molar-refractivity contribution in [2.75, 3.05) is 25.0 Å². The van der Waals surface area contributed by atoms with Gasteiger partial charge in [0.2, 0.25) is 0 Å². The Morgan fingerprint density at radius 2 is 1.74 bits per heavy atom. The Bertz CT molecular complexity index is 827. The molecule has 0 saturated carbocycles. The number of amides is 1. The van der Waals surface area contributed by atoms with Crippen LogP contribution in [0.15, 0.2) is 42.5 Å². The summed E-state index contributed by atoms with van der Waals surface area (Å²) in [7, 11) is 1.74. The molecule has 27 heavy (non-hydrogen) atoms. The zero-order valence-electron chi connectivity index (χ0n) is 15.9. The van der Waals surface area contributed by atoms with E-state index in [0.29, 0.717) is 12.1 Å². The topological polar surface area (TPSA) is 66.7 Å². The SMILES string of the molecule is CCc1ccc(CN(C)C(=O)c2cc([N+](=O)[O-])ccc2N2CCCC2)cc1. The Kier molecular flexibility index (Phi) is 5.74. The number of benzene rings is 2. The maximum atomic E-state index is 13.1. The molecule has 0 unspecified atom stereocenters. The number of nitrogens with zero attached hydrogens (tertiary/aromatic N) is 3. The summed E-state index contributed by atoms with van der Waals surface area (Å²) < 4.78 is 0. The van der Waals surface area contributed by atoms with Crippen molar-refractivity contribution in [1.29, 1.82) is 0 Å². The van der Waals surface area contributed by atoms with Crippen molar-refractivity contribution >= 4 is 17.3 Å². The second-order valence-corrected chi connectivity index (χ2v) is 6.98. The summed E-state index contributed by atoms with van der Waals surface area (Å²) in [4.78, 5) is 27.6. The first-order chi connectivity index (χ1) is 13.0. The Morgan fingerprint density at radius 3 is 2.33 bits per heavy atom. The third kappa shape index (κ3) is 4.27. The fourth-order valence-electron chi connectivity index (χ4n) is 3.47. The van der Waals surface area contributed by atoms with E-state index in [1.54, 1.807) is 18.0 Å². The van der Waals surface area contributed by atoms with Gasteiger partial charge in [-0.15, -0.1) is 0 Å². The van der Waals surface area contributed by atoms with E-state index in [4.69, 9.17) is 0 Å². The van der Waals surface area contributed by atoms with Crippen LogP contribution in [0.2, 0.25) is 0 Å². The van der Waals surface area contributed by atoms with Gasteiger partial charge in [-0.3, -0.25) is 14.9 Å². The van der Waals surface area contributed by atoms with Gasteiger partial charge in [0.25, 0.3) is 11.6 Å². The predicted octanol–water partition coefficient (Wildman–Crippen LogP) is 4.03. The van der Waals surface area contributed by atoms with Gasteiger partial charge in [0.15, 0.2) is 0 Å². The Balaban J connectivity index is 1.86. The van der Waals surface area contributed by atoms with E-state index in [1.807, 2.05) is 12.1 Å².